The summed E-state index contributed by atoms with van der Waals surface area (Å²) in [4.78, 5) is 18.3. The molecule has 0 radical (unpaired) electrons. The van der Waals surface area contributed by atoms with Gasteiger partial charge in [0.1, 0.15) is 0 Å². The first-order valence-corrected chi connectivity index (χ1v) is 8.88. The van der Waals surface area contributed by atoms with Gasteiger partial charge in [0.25, 0.3) is 0 Å². The van der Waals surface area contributed by atoms with Gasteiger partial charge in [-0.3, -0.25) is 9.69 Å². The van der Waals surface area contributed by atoms with Gasteiger partial charge in [-0.05, 0) is 37.6 Å². The second-order valence-electron chi connectivity index (χ2n) is 6.67. The Balaban J connectivity index is 1.69. The highest BCUT2D eigenvalue weighted by Crippen LogP contribution is 2.23. The average molecular weight is 343 g/mol. The van der Waals surface area contributed by atoms with Gasteiger partial charge in [0.05, 0.1) is 13.5 Å². The average Bonchev–Trinajstić information content (AvgIpc) is 3.13. The third-order valence-electron chi connectivity index (χ3n) is 4.60. The number of methoxy groups -OCH3 is 1. The smallest absolute Gasteiger partial charge is 0.306 e. The lowest BCUT2D eigenvalue weighted by atomic mass is 10.1. The number of aromatic nitrogens is 2. The minimum atomic E-state index is -0.282. The normalized spacial score (nSPS) is 16.6. The molecular weight excluding hydrogens is 318 g/mol. The van der Waals surface area contributed by atoms with Crippen molar-refractivity contribution in [3.8, 4) is 11.4 Å². The number of rotatable bonds is 6. The molecule has 1 aliphatic heterocycles. The van der Waals surface area contributed by atoms with Crippen LogP contribution in [0.4, 0.5) is 0 Å². The fraction of sp³-hybridized carbons (Fsp3) is 0.526. The lowest BCUT2D eigenvalue weighted by Gasteiger charge is -2.26. The quantitative estimate of drug-likeness (QED) is 0.749. The molecule has 0 saturated carbocycles. The fourth-order valence-electron chi connectivity index (χ4n) is 3.16. The number of esters is 1. The van der Waals surface area contributed by atoms with Crippen LogP contribution in [-0.2, 0) is 16.1 Å². The van der Waals surface area contributed by atoms with Gasteiger partial charge in [-0.1, -0.05) is 36.7 Å². The minimum absolute atomic E-state index is 0.162. The number of ether oxygens (including phenoxy) is 1. The lowest BCUT2D eigenvalue weighted by Crippen LogP contribution is -2.29. The zero-order valence-electron chi connectivity index (χ0n) is 14.9. The number of piperidine rings is 1. The zero-order chi connectivity index (χ0) is 17.6. The van der Waals surface area contributed by atoms with E-state index >= 15 is 0 Å². The molecule has 0 unspecified atom stereocenters. The third-order valence-corrected chi connectivity index (χ3v) is 4.60. The molecule has 1 saturated heterocycles. The monoisotopic (exact) mass is 343 g/mol. The van der Waals surface area contributed by atoms with Crippen LogP contribution in [0.25, 0.3) is 11.4 Å². The number of carbonyl (C=O) groups is 1. The molecule has 1 atom stereocenters. The Bertz CT molecular complexity index is 707. The first-order valence-electron chi connectivity index (χ1n) is 8.88. The Kier molecular flexibility index (Phi) is 5.81. The standard InChI is InChI=1S/C19H25N3O3/c1-14(11-17(23)24-2)19-20-18(21-25-19)16-8-6-7-15(12-16)13-22-9-4-3-5-10-22/h6-8,12,14H,3-5,9-11,13H2,1-2H3/t14-/m0/s1. The summed E-state index contributed by atoms with van der Waals surface area (Å²) in [5.74, 6) is 0.579. The summed E-state index contributed by atoms with van der Waals surface area (Å²) in [6.07, 6.45) is 4.14. The maximum Gasteiger partial charge on any atom is 0.306 e. The van der Waals surface area contributed by atoms with Crippen LogP contribution in [0.5, 0.6) is 0 Å². The molecule has 0 N–H and O–H groups in total. The van der Waals surface area contributed by atoms with Crippen molar-refractivity contribution in [2.45, 2.75) is 45.1 Å². The van der Waals surface area contributed by atoms with Crippen LogP contribution in [0.1, 0.15) is 50.0 Å². The van der Waals surface area contributed by atoms with Crippen LogP contribution in [0.2, 0.25) is 0 Å². The van der Waals surface area contributed by atoms with E-state index in [0.717, 1.165) is 12.1 Å². The molecule has 0 amide bonds. The van der Waals surface area contributed by atoms with Crippen molar-refractivity contribution < 1.29 is 14.1 Å². The predicted octanol–water partition coefficient (Wildman–Crippen LogP) is 3.39. The highest BCUT2D eigenvalue weighted by atomic mass is 16.5. The third kappa shape index (κ3) is 4.66. The summed E-state index contributed by atoms with van der Waals surface area (Å²) in [6, 6.07) is 8.27. The van der Waals surface area contributed by atoms with Gasteiger partial charge in [-0.25, -0.2) is 0 Å². The number of hydrogen-bond acceptors (Lipinski definition) is 6. The zero-order valence-corrected chi connectivity index (χ0v) is 14.9. The maximum absolute atomic E-state index is 11.4. The molecule has 1 aromatic heterocycles. The van der Waals surface area contributed by atoms with Crippen molar-refractivity contribution in [3.63, 3.8) is 0 Å². The Morgan fingerprint density at radius 3 is 2.88 bits per heavy atom. The van der Waals surface area contributed by atoms with Gasteiger partial charge in [0.15, 0.2) is 0 Å². The molecule has 6 nitrogen and oxygen atoms in total. The van der Waals surface area contributed by atoms with E-state index < -0.39 is 0 Å². The first kappa shape index (κ1) is 17.6. The van der Waals surface area contributed by atoms with Gasteiger partial charge in [0.2, 0.25) is 11.7 Å². The van der Waals surface area contributed by atoms with Crippen LogP contribution in [0.3, 0.4) is 0 Å². The summed E-state index contributed by atoms with van der Waals surface area (Å²) < 4.78 is 10.0. The van der Waals surface area contributed by atoms with Crippen LogP contribution >= 0.6 is 0 Å². The molecule has 1 aliphatic rings. The molecule has 25 heavy (non-hydrogen) atoms. The number of likely N-dealkylation sites (tertiary alicyclic amines) is 1. The van der Waals surface area contributed by atoms with Crippen molar-refractivity contribution in [1.29, 1.82) is 0 Å². The van der Waals surface area contributed by atoms with Crippen LogP contribution < -0.4 is 0 Å². The Morgan fingerprint density at radius 2 is 2.12 bits per heavy atom. The molecule has 134 valence electrons. The van der Waals surface area contributed by atoms with Crippen LogP contribution in [0.15, 0.2) is 28.8 Å². The first-order chi connectivity index (χ1) is 12.2. The van der Waals surface area contributed by atoms with Gasteiger partial charge in [-0.15, -0.1) is 0 Å². The van der Waals surface area contributed by atoms with Crippen molar-refractivity contribution in [2.75, 3.05) is 20.2 Å². The van der Waals surface area contributed by atoms with E-state index in [1.807, 2.05) is 19.1 Å². The van der Waals surface area contributed by atoms with Gasteiger partial charge in [0, 0.05) is 18.0 Å². The van der Waals surface area contributed by atoms with Gasteiger partial charge in [-0.2, -0.15) is 4.98 Å². The summed E-state index contributed by atoms with van der Waals surface area (Å²) in [5, 5.41) is 4.08. The van der Waals surface area contributed by atoms with Crippen molar-refractivity contribution >= 4 is 5.97 Å². The van der Waals surface area contributed by atoms with E-state index in [1.54, 1.807) is 0 Å². The minimum Gasteiger partial charge on any atom is -0.469 e. The van der Waals surface area contributed by atoms with Crippen LogP contribution in [0, 0.1) is 0 Å². The molecule has 2 heterocycles. The maximum atomic E-state index is 11.4. The fourth-order valence-corrected chi connectivity index (χ4v) is 3.16. The van der Waals surface area contributed by atoms with Gasteiger partial charge < -0.3 is 9.26 Å². The van der Waals surface area contributed by atoms with E-state index in [9.17, 15) is 4.79 Å². The molecule has 6 heteroatoms. The Morgan fingerprint density at radius 1 is 1.32 bits per heavy atom. The molecule has 2 aromatic rings. The van der Waals surface area contributed by atoms with E-state index in [2.05, 4.69) is 31.9 Å². The van der Waals surface area contributed by atoms with Crippen molar-refractivity contribution in [3.05, 3.63) is 35.7 Å². The SMILES string of the molecule is COC(=O)C[C@H](C)c1nc(-c2cccc(CN3CCCCC3)c2)no1. The number of hydrogen-bond donors (Lipinski definition) is 0. The summed E-state index contributed by atoms with van der Waals surface area (Å²) >= 11 is 0. The largest absolute Gasteiger partial charge is 0.469 e. The second-order valence-corrected chi connectivity index (χ2v) is 6.67. The molecule has 1 fully saturated rings. The highest BCUT2D eigenvalue weighted by Gasteiger charge is 2.19. The number of nitrogens with zero attached hydrogens (tertiary/aromatic N) is 3. The predicted molar refractivity (Wildman–Crippen MR) is 93.9 cm³/mol. The van der Waals surface area contributed by atoms with E-state index in [0.29, 0.717) is 11.7 Å². The van der Waals surface area contributed by atoms with Gasteiger partial charge >= 0.3 is 5.97 Å². The number of carbonyl (C=O) groups excluding carboxylic acids is 1. The van der Waals surface area contributed by atoms with E-state index in [-0.39, 0.29) is 18.3 Å². The van der Waals surface area contributed by atoms with E-state index in [4.69, 9.17) is 4.52 Å². The molecular formula is C19H25N3O3. The lowest BCUT2D eigenvalue weighted by molar-refractivity contribution is -0.141. The highest BCUT2D eigenvalue weighted by molar-refractivity contribution is 5.70. The Labute approximate surface area is 148 Å². The molecule has 0 bridgehead atoms. The van der Waals surface area contributed by atoms with E-state index in [1.165, 1.54) is 45.0 Å². The second kappa shape index (κ2) is 8.25. The topological polar surface area (TPSA) is 68.5 Å². The van der Waals surface area contributed by atoms with Crippen molar-refractivity contribution in [2.24, 2.45) is 0 Å². The molecule has 0 spiro atoms. The summed E-state index contributed by atoms with van der Waals surface area (Å²) in [7, 11) is 1.38. The molecule has 0 aliphatic carbocycles. The molecule has 1 aromatic carbocycles. The van der Waals surface area contributed by atoms with Crippen molar-refractivity contribution in [1.82, 2.24) is 15.0 Å². The number of benzene rings is 1. The summed E-state index contributed by atoms with van der Waals surface area (Å²) in [6.45, 7) is 5.17. The van der Waals surface area contributed by atoms with Crippen LogP contribution in [-0.4, -0.2) is 41.2 Å². The Hall–Kier alpha value is -2.21. The molecule has 3 rings (SSSR count). The summed E-state index contributed by atoms with van der Waals surface area (Å²) in [5.41, 5.74) is 2.20.